The Hall–Kier alpha value is -1.75. The largest absolute Gasteiger partial charge is 0.481 e. The van der Waals surface area contributed by atoms with E-state index in [0.717, 1.165) is 11.1 Å². The summed E-state index contributed by atoms with van der Waals surface area (Å²) in [5.41, 5.74) is 0.834. The van der Waals surface area contributed by atoms with Gasteiger partial charge in [0.15, 0.2) is 11.5 Å². The van der Waals surface area contributed by atoms with Crippen LogP contribution in [0.15, 0.2) is 12.1 Å². The summed E-state index contributed by atoms with van der Waals surface area (Å²) in [6.45, 7) is 0.560. The molecular formula is C13H14O5. The van der Waals surface area contributed by atoms with E-state index in [0.29, 0.717) is 30.9 Å². The maximum absolute atomic E-state index is 11.4. The highest BCUT2D eigenvalue weighted by atomic mass is 16.7. The van der Waals surface area contributed by atoms with Gasteiger partial charge in [-0.05, 0) is 12.8 Å². The number of aliphatic carboxylic acids is 1. The number of fused-ring (bicyclic) bond motifs is 1. The molecule has 0 atom stereocenters. The molecule has 0 amide bonds. The predicted molar refractivity (Wildman–Crippen MR) is 61.8 cm³/mol. The zero-order valence-electron chi connectivity index (χ0n) is 10.1. The smallest absolute Gasteiger partial charge is 0.314 e. The average Bonchev–Trinajstić information content (AvgIpc) is 3.00. The fraction of sp³-hybridized carbons (Fsp3) is 0.462. The van der Waals surface area contributed by atoms with Crippen molar-refractivity contribution in [2.24, 2.45) is 0 Å². The fourth-order valence-corrected chi connectivity index (χ4v) is 2.42. The van der Waals surface area contributed by atoms with Crippen LogP contribution in [0.4, 0.5) is 0 Å². The van der Waals surface area contributed by atoms with Crippen molar-refractivity contribution >= 4 is 5.97 Å². The van der Waals surface area contributed by atoms with Crippen molar-refractivity contribution in [1.82, 2.24) is 0 Å². The normalized spacial score (nSPS) is 18.7. The molecule has 0 spiro atoms. The molecule has 2 aliphatic rings. The lowest BCUT2D eigenvalue weighted by atomic mass is 9.93. The Morgan fingerprint density at radius 3 is 2.72 bits per heavy atom. The van der Waals surface area contributed by atoms with Gasteiger partial charge in [0.1, 0.15) is 0 Å². The lowest BCUT2D eigenvalue weighted by Crippen LogP contribution is -2.20. The Balaban J connectivity index is 2.08. The average molecular weight is 250 g/mol. The van der Waals surface area contributed by atoms with Crippen LogP contribution in [0, 0.1) is 0 Å². The zero-order valence-corrected chi connectivity index (χ0v) is 10.1. The monoisotopic (exact) mass is 250 g/mol. The van der Waals surface area contributed by atoms with Gasteiger partial charge in [-0.3, -0.25) is 4.79 Å². The van der Waals surface area contributed by atoms with Crippen LogP contribution in [0.25, 0.3) is 0 Å². The molecule has 3 rings (SSSR count). The van der Waals surface area contributed by atoms with Crippen molar-refractivity contribution in [1.29, 1.82) is 0 Å². The van der Waals surface area contributed by atoms with Crippen LogP contribution in [-0.4, -0.2) is 25.0 Å². The molecule has 1 aliphatic heterocycles. The summed E-state index contributed by atoms with van der Waals surface area (Å²) >= 11 is 0. The number of benzene rings is 1. The second kappa shape index (κ2) is 3.88. The molecule has 0 unspecified atom stereocenters. The summed E-state index contributed by atoms with van der Waals surface area (Å²) in [5, 5.41) is 9.34. The van der Waals surface area contributed by atoms with Gasteiger partial charge in [-0.1, -0.05) is 12.1 Å². The summed E-state index contributed by atoms with van der Waals surface area (Å²) < 4.78 is 16.0. The lowest BCUT2D eigenvalue weighted by Gasteiger charge is -2.14. The minimum absolute atomic E-state index is 0.138. The molecule has 0 aromatic heterocycles. The molecule has 1 aliphatic carbocycles. The number of hydrogen-bond acceptors (Lipinski definition) is 4. The molecule has 1 N–H and O–H groups in total. The first-order valence-corrected chi connectivity index (χ1v) is 5.83. The molecule has 1 aromatic rings. The van der Waals surface area contributed by atoms with Gasteiger partial charge in [0.05, 0.1) is 12.0 Å². The lowest BCUT2D eigenvalue weighted by molar-refractivity contribution is -0.140. The Morgan fingerprint density at radius 2 is 2.11 bits per heavy atom. The van der Waals surface area contributed by atoms with E-state index >= 15 is 0 Å². The Morgan fingerprint density at radius 1 is 1.39 bits per heavy atom. The van der Waals surface area contributed by atoms with Crippen LogP contribution in [0.3, 0.4) is 0 Å². The second-order valence-corrected chi connectivity index (χ2v) is 4.66. The Kier molecular flexibility index (Phi) is 2.45. The summed E-state index contributed by atoms with van der Waals surface area (Å²) in [4.78, 5) is 11.4. The van der Waals surface area contributed by atoms with Crippen molar-refractivity contribution in [3.05, 3.63) is 23.3 Å². The van der Waals surface area contributed by atoms with E-state index in [9.17, 15) is 9.90 Å². The van der Waals surface area contributed by atoms with Crippen LogP contribution < -0.4 is 9.47 Å². The molecule has 18 heavy (non-hydrogen) atoms. The third kappa shape index (κ3) is 1.47. The quantitative estimate of drug-likeness (QED) is 0.880. The fourth-order valence-electron chi connectivity index (χ4n) is 2.42. The molecule has 5 heteroatoms. The molecule has 96 valence electrons. The molecule has 0 saturated heterocycles. The third-order valence-electron chi connectivity index (χ3n) is 3.58. The van der Waals surface area contributed by atoms with Gasteiger partial charge in [0.25, 0.3) is 0 Å². The molecule has 5 nitrogen and oxygen atoms in total. The van der Waals surface area contributed by atoms with Gasteiger partial charge < -0.3 is 19.3 Å². The molecule has 1 aromatic carbocycles. The highest BCUT2D eigenvalue weighted by Crippen LogP contribution is 2.55. The van der Waals surface area contributed by atoms with Crippen molar-refractivity contribution in [2.75, 3.05) is 13.9 Å². The number of ether oxygens (including phenoxy) is 3. The topological polar surface area (TPSA) is 65.0 Å². The third-order valence-corrected chi connectivity index (χ3v) is 3.58. The van der Waals surface area contributed by atoms with Crippen LogP contribution >= 0.6 is 0 Å². The van der Waals surface area contributed by atoms with E-state index < -0.39 is 11.4 Å². The van der Waals surface area contributed by atoms with Crippen molar-refractivity contribution in [3.8, 4) is 11.5 Å². The van der Waals surface area contributed by atoms with Gasteiger partial charge >= 0.3 is 5.97 Å². The maximum atomic E-state index is 11.4. The number of methoxy groups -OCH3 is 1. The van der Waals surface area contributed by atoms with Gasteiger partial charge in [-0.25, -0.2) is 0 Å². The van der Waals surface area contributed by atoms with Gasteiger partial charge in [0, 0.05) is 18.2 Å². The van der Waals surface area contributed by atoms with E-state index in [4.69, 9.17) is 14.2 Å². The highest BCUT2D eigenvalue weighted by Gasteiger charge is 2.54. The van der Waals surface area contributed by atoms with Gasteiger partial charge in [0.2, 0.25) is 6.79 Å². The Bertz CT molecular complexity index is 504. The van der Waals surface area contributed by atoms with Crippen molar-refractivity contribution in [3.63, 3.8) is 0 Å². The van der Waals surface area contributed by atoms with Gasteiger partial charge in [-0.15, -0.1) is 0 Å². The SMILES string of the molecule is COCc1ccc(C2(C(=O)O)CC2)c2c1OCO2. The first-order chi connectivity index (χ1) is 8.69. The molecule has 1 heterocycles. The zero-order chi connectivity index (χ0) is 12.8. The van der Waals surface area contributed by atoms with Crippen molar-refractivity contribution in [2.45, 2.75) is 24.9 Å². The van der Waals surface area contributed by atoms with Crippen LogP contribution in [0.2, 0.25) is 0 Å². The van der Waals surface area contributed by atoms with E-state index in [1.165, 1.54) is 0 Å². The minimum atomic E-state index is -0.792. The number of hydrogen-bond donors (Lipinski definition) is 1. The van der Waals surface area contributed by atoms with Crippen LogP contribution in [-0.2, 0) is 21.6 Å². The molecule has 0 bridgehead atoms. The summed E-state index contributed by atoms with van der Waals surface area (Å²) in [7, 11) is 1.61. The maximum Gasteiger partial charge on any atom is 0.314 e. The van der Waals surface area contributed by atoms with Crippen LogP contribution in [0.1, 0.15) is 24.0 Å². The summed E-state index contributed by atoms with van der Waals surface area (Å²) in [6, 6.07) is 3.68. The minimum Gasteiger partial charge on any atom is -0.481 e. The van der Waals surface area contributed by atoms with Gasteiger partial charge in [-0.2, -0.15) is 0 Å². The number of carboxylic acids is 1. The standard InChI is InChI=1S/C13H14O5/c1-16-6-8-2-3-9(11-10(8)17-7-18-11)13(4-5-13)12(14)15/h2-3H,4-7H2,1H3,(H,14,15). The summed E-state index contributed by atoms with van der Waals surface area (Å²) in [5.74, 6) is 0.408. The molecule has 1 fully saturated rings. The van der Waals surface area contributed by atoms with E-state index in [1.54, 1.807) is 7.11 Å². The van der Waals surface area contributed by atoms with E-state index in [2.05, 4.69) is 0 Å². The molecular weight excluding hydrogens is 236 g/mol. The van der Waals surface area contributed by atoms with E-state index in [1.807, 2.05) is 12.1 Å². The first-order valence-electron chi connectivity index (χ1n) is 5.83. The highest BCUT2D eigenvalue weighted by molar-refractivity contribution is 5.86. The van der Waals surface area contributed by atoms with Crippen molar-refractivity contribution < 1.29 is 24.1 Å². The number of carboxylic acid groups (broad SMARTS) is 1. The number of rotatable bonds is 4. The molecule has 1 saturated carbocycles. The van der Waals surface area contributed by atoms with Crippen LogP contribution in [0.5, 0.6) is 11.5 Å². The summed E-state index contributed by atoms with van der Waals surface area (Å²) in [6.07, 6.45) is 1.31. The Labute approximate surface area is 104 Å². The second-order valence-electron chi connectivity index (χ2n) is 4.66. The first kappa shape index (κ1) is 11.3. The van der Waals surface area contributed by atoms with E-state index in [-0.39, 0.29) is 6.79 Å². The number of carbonyl (C=O) groups is 1. The molecule has 0 radical (unpaired) electrons. The predicted octanol–water partition coefficient (Wildman–Crippen LogP) is 1.68.